The lowest BCUT2D eigenvalue weighted by Gasteiger charge is -2.33. The van der Waals surface area contributed by atoms with Gasteiger partial charge in [0.2, 0.25) is 15.9 Å². The Hall–Kier alpha value is -2.62. The van der Waals surface area contributed by atoms with Crippen molar-refractivity contribution in [3.63, 3.8) is 0 Å². The molecule has 0 spiro atoms. The van der Waals surface area contributed by atoms with Gasteiger partial charge in [0, 0.05) is 44.9 Å². The van der Waals surface area contributed by atoms with Crippen molar-refractivity contribution in [2.45, 2.75) is 44.2 Å². The van der Waals surface area contributed by atoms with Crippen LogP contribution in [0.5, 0.6) is 5.75 Å². The average molecular weight is 504 g/mol. The Kier molecular flexibility index (Phi) is 8.46. The highest BCUT2D eigenvalue weighted by atomic mass is 32.2. The molecule has 3 rings (SSSR count). The highest BCUT2D eigenvalue weighted by molar-refractivity contribution is 7.89. The van der Waals surface area contributed by atoms with E-state index in [9.17, 15) is 18.3 Å². The van der Waals surface area contributed by atoms with Gasteiger partial charge in [-0.1, -0.05) is 24.6 Å². The molecule has 192 valence electrons. The van der Waals surface area contributed by atoms with E-state index in [2.05, 4.69) is 0 Å². The molecule has 1 aliphatic heterocycles. The SMILES string of the molecule is Cc1ccc(S(=O)(=O)N(C)C[C@H]2Oc3ccc(N(C)C)cc3CC(=O)N([C@H](C)CO)C[C@@H]2C)cc1. The molecule has 2 aromatic carbocycles. The van der Waals surface area contributed by atoms with E-state index in [4.69, 9.17) is 4.74 Å². The topological polar surface area (TPSA) is 90.4 Å². The van der Waals surface area contributed by atoms with Crippen molar-refractivity contribution in [1.82, 2.24) is 9.21 Å². The molecule has 1 aliphatic rings. The van der Waals surface area contributed by atoms with Crippen LogP contribution in [0.15, 0.2) is 47.4 Å². The van der Waals surface area contributed by atoms with E-state index in [0.717, 1.165) is 16.8 Å². The Morgan fingerprint density at radius 2 is 1.80 bits per heavy atom. The third kappa shape index (κ3) is 6.15. The number of nitrogens with zero attached hydrogens (tertiary/aromatic N) is 3. The van der Waals surface area contributed by atoms with E-state index >= 15 is 0 Å². The molecular formula is C26H37N3O5S. The maximum atomic E-state index is 13.2. The van der Waals surface area contributed by atoms with Crippen molar-refractivity contribution in [3.8, 4) is 5.75 Å². The minimum Gasteiger partial charge on any atom is -0.488 e. The summed E-state index contributed by atoms with van der Waals surface area (Å²) in [6.45, 7) is 5.97. The van der Waals surface area contributed by atoms with Gasteiger partial charge in [-0.3, -0.25) is 4.79 Å². The molecule has 9 heteroatoms. The number of benzene rings is 2. The molecule has 35 heavy (non-hydrogen) atoms. The van der Waals surface area contributed by atoms with Crippen molar-refractivity contribution in [3.05, 3.63) is 53.6 Å². The van der Waals surface area contributed by atoms with Crippen molar-refractivity contribution in [1.29, 1.82) is 0 Å². The number of hydrogen-bond donors (Lipinski definition) is 1. The summed E-state index contributed by atoms with van der Waals surface area (Å²) < 4.78 is 34.2. The number of aryl methyl sites for hydroxylation is 1. The van der Waals surface area contributed by atoms with Gasteiger partial charge in [-0.25, -0.2) is 8.42 Å². The van der Waals surface area contributed by atoms with Crippen LogP contribution >= 0.6 is 0 Å². The number of rotatable bonds is 7. The van der Waals surface area contributed by atoms with Gasteiger partial charge in [0.25, 0.3) is 0 Å². The zero-order chi connectivity index (χ0) is 25.9. The van der Waals surface area contributed by atoms with Crippen LogP contribution in [0.1, 0.15) is 25.0 Å². The summed E-state index contributed by atoms with van der Waals surface area (Å²) in [7, 11) is 1.68. The molecule has 3 atom stereocenters. The van der Waals surface area contributed by atoms with Crippen LogP contribution < -0.4 is 9.64 Å². The summed E-state index contributed by atoms with van der Waals surface area (Å²) in [6.07, 6.45) is -0.373. The summed E-state index contributed by atoms with van der Waals surface area (Å²) in [5.41, 5.74) is 2.65. The van der Waals surface area contributed by atoms with E-state index in [0.29, 0.717) is 12.3 Å². The first-order valence-corrected chi connectivity index (χ1v) is 13.3. The van der Waals surface area contributed by atoms with Crippen molar-refractivity contribution in [2.24, 2.45) is 5.92 Å². The maximum Gasteiger partial charge on any atom is 0.242 e. The van der Waals surface area contributed by atoms with Gasteiger partial charge in [-0.2, -0.15) is 4.31 Å². The molecule has 1 heterocycles. The number of amides is 1. The minimum atomic E-state index is -3.72. The predicted molar refractivity (Wildman–Crippen MR) is 137 cm³/mol. The first kappa shape index (κ1) is 27.0. The van der Waals surface area contributed by atoms with Gasteiger partial charge in [0.05, 0.1) is 30.5 Å². The molecule has 1 amide bonds. The number of aliphatic hydroxyl groups excluding tert-OH is 1. The number of carbonyl (C=O) groups is 1. The van der Waals surface area contributed by atoms with Crippen LogP contribution in [0.3, 0.4) is 0 Å². The van der Waals surface area contributed by atoms with Gasteiger partial charge in [0.1, 0.15) is 11.9 Å². The van der Waals surface area contributed by atoms with Crippen LogP contribution in [0, 0.1) is 12.8 Å². The largest absolute Gasteiger partial charge is 0.488 e. The zero-order valence-electron chi connectivity index (χ0n) is 21.4. The maximum absolute atomic E-state index is 13.2. The molecular weight excluding hydrogens is 466 g/mol. The van der Waals surface area contributed by atoms with Gasteiger partial charge < -0.3 is 19.6 Å². The molecule has 1 N–H and O–H groups in total. The predicted octanol–water partition coefficient (Wildman–Crippen LogP) is 2.53. The fraction of sp³-hybridized carbons (Fsp3) is 0.500. The molecule has 2 aromatic rings. The smallest absolute Gasteiger partial charge is 0.242 e. The summed E-state index contributed by atoms with van der Waals surface area (Å²) in [6, 6.07) is 12.1. The third-order valence-corrected chi connectivity index (χ3v) is 8.42. The third-order valence-electron chi connectivity index (χ3n) is 6.58. The number of fused-ring (bicyclic) bond motifs is 1. The number of likely N-dealkylation sites (N-methyl/N-ethyl adjacent to an activating group) is 1. The Morgan fingerprint density at radius 3 is 2.40 bits per heavy atom. The van der Waals surface area contributed by atoms with Gasteiger partial charge >= 0.3 is 0 Å². The number of ether oxygens (including phenoxy) is 1. The van der Waals surface area contributed by atoms with Crippen LogP contribution in [0.2, 0.25) is 0 Å². The van der Waals surface area contributed by atoms with Gasteiger partial charge in [-0.05, 0) is 44.2 Å². The lowest BCUT2D eigenvalue weighted by Crippen LogP contribution is -2.48. The summed E-state index contributed by atoms with van der Waals surface area (Å²) in [5, 5.41) is 9.78. The molecule has 0 saturated carbocycles. The summed E-state index contributed by atoms with van der Waals surface area (Å²) in [5.74, 6) is 0.281. The fourth-order valence-corrected chi connectivity index (χ4v) is 5.34. The quantitative estimate of drug-likeness (QED) is 0.625. The number of hydrogen-bond acceptors (Lipinski definition) is 6. The Balaban J connectivity index is 1.97. The lowest BCUT2D eigenvalue weighted by atomic mass is 10.0. The Morgan fingerprint density at radius 1 is 1.14 bits per heavy atom. The first-order valence-electron chi connectivity index (χ1n) is 11.8. The second-order valence-electron chi connectivity index (χ2n) is 9.67. The van der Waals surface area contributed by atoms with E-state index in [1.165, 1.54) is 4.31 Å². The van der Waals surface area contributed by atoms with E-state index in [1.54, 1.807) is 36.2 Å². The Labute approximate surface area is 209 Å². The second-order valence-corrected chi connectivity index (χ2v) is 11.7. The van der Waals surface area contributed by atoms with Crippen molar-refractivity contribution in [2.75, 3.05) is 45.7 Å². The molecule has 0 aliphatic carbocycles. The Bertz CT molecular complexity index is 1130. The van der Waals surface area contributed by atoms with E-state index in [-0.39, 0.29) is 42.3 Å². The molecule has 8 nitrogen and oxygen atoms in total. The van der Waals surface area contributed by atoms with Crippen molar-refractivity contribution >= 4 is 21.6 Å². The second kappa shape index (κ2) is 11.0. The van der Waals surface area contributed by atoms with Gasteiger partial charge in [0.15, 0.2) is 0 Å². The monoisotopic (exact) mass is 503 g/mol. The number of carbonyl (C=O) groups excluding carboxylic acids is 1. The van der Waals surface area contributed by atoms with E-state index in [1.807, 2.05) is 58.0 Å². The number of anilines is 1. The number of sulfonamides is 1. The normalized spacial score (nSPS) is 19.9. The van der Waals surface area contributed by atoms with Crippen LogP contribution in [-0.2, 0) is 21.2 Å². The molecule has 0 bridgehead atoms. The van der Waals surface area contributed by atoms with Crippen LogP contribution in [-0.4, -0.2) is 81.6 Å². The molecule has 0 saturated heterocycles. The van der Waals surface area contributed by atoms with Crippen molar-refractivity contribution < 1.29 is 23.1 Å². The van der Waals surface area contributed by atoms with Gasteiger partial charge in [-0.15, -0.1) is 0 Å². The number of aliphatic hydroxyl groups is 1. The average Bonchev–Trinajstić information content (AvgIpc) is 2.86. The van der Waals surface area contributed by atoms with Crippen LogP contribution in [0.25, 0.3) is 0 Å². The lowest BCUT2D eigenvalue weighted by molar-refractivity contribution is -0.134. The molecule has 0 aromatic heterocycles. The summed E-state index contributed by atoms with van der Waals surface area (Å²) in [4.78, 5) is 17.1. The highest BCUT2D eigenvalue weighted by Crippen LogP contribution is 2.30. The summed E-state index contributed by atoms with van der Waals surface area (Å²) >= 11 is 0. The van der Waals surface area contributed by atoms with E-state index < -0.39 is 16.1 Å². The van der Waals surface area contributed by atoms with Crippen LogP contribution in [0.4, 0.5) is 5.69 Å². The highest BCUT2D eigenvalue weighted by Gasteiger charge is 2.33. The zero-order valence-corrected chi connectivity index (χ0v) is 22.2. The molecule has 0 fully saturated rings. The molecule has 0 radical (unpaired) electrons. The standard InChI is InChI=1S/C26H37N3O5S/c1-18-7-10-23(11-8-18)35(32,33)28(6)16-25-19(2)15-29(20(3)17-30)26(31)14-21-13-22(27(4)5)9-12-24(21)34-25/h7-13,19-20,25,30H,14-17H2,1-6H3/t19-,20+,25+/m0/s1. The molecule has 0 unspecified atom stereocenters. The minimum absolute atomic E-state index is 0.0968. The fourth-order valence-electron chi connectivity index (χ4n) is 4.15. The first-order chi connectivity index (χ1) is 16.4.